The van der Waals surface area contributed by atoms with Crippen molar-refractivity contribution >= 4 is 34.2 Å². The number of fused-ring (bicyclic) bond motifs is 1. The topological polar surface area (TPSA) is 72.2 Å². The predicted molar refractivity (Wildman–Crippen MR) is 147 cm³/mol. The molecule has 1 aromatic heterocycles. The third kappa shape index (κ3) is 5.06. The molecule has 0 spiro atoms. The Morgan fingerprint density at radius 1 is 0.889 bits per heavy atom. The van der Waals surface area contributed by atoms with E-state index in [0.717, 1.165) is 39.1 Å². The van der Waals surface area contributed by atoms with Crippen LogP contribution in [0.3, 0.4) is 0 Å². The van der Waals surface area contributed by atoms with E-state index in [9.17, 15) is 4.79 Å². The zero-order valence-electron chi connectivity index (χ0n) is 20.1. The number of nitrogens with one attached hydrogen (secondary N) is 1. The van der Waals surface area contributed by atoms with Gasteiger partial charge in [0.25, 0.3) is 5.91 Å². The highest BCUT2D eigenvalue weighted by Crippen LogP contribution is 2.28. The van der Waals surface area contributed by atoms with E-state index in [0.29, 0.717) is 5.16 Å². The molecule has 0 saturated heterocycles. The zero-order valence-corrected chi connectivity index (χ0v) is 20.9. The molecule has 5 rings (SSSR count). The fourth-order valence-corrected chi connectivity index (χ4v) is 4.72. The van der Waals surface area contributed by atoms with Crippen molar-refractivity contribution in [1.82, 2.24) is 20.2 Å². The van der Waals surface area contributed by atoms with Crippen LogP contribution in [-0.2, 0) is 4.79 Å². The van der Waals surface area contributed by atoms with Crippen LogP contribution in [0.4, 0.5) is 0 Å². The minimum absolute atomic E-state index is 0.158. The highest BCUT2D eigenvalue weighted by atomic mass is 32.2. The zero-order chi connectivity index (χ0) is 24.9. The van der Waals surface area contributed by atoms with Crippen molar-refractivity contribution in [2.24, 2.45) is 5.10 Å². The second-order valence-corrected chi connectivity index (χ2v) is 9.33. The van der Waals surface area contributed by atoms with Gasteiger partial charge in [-0.1, -0.05) is 102 Å². The van der Waals surface area contributed by atoms with Gasteiger partial charge in [-0.2, -0.15) is 5.10 Å². The minimum atomic E-state index is -0.209. The van der Waals surface area contributed by atoms with E-state index in [2.05, 4.69) is 58.0 Å². The van der Waals surface area contributed by atoms with E-state index < -0.39 is 0 Å². The van der Waals surface area contributed by atoms with Gasteiger partial charge in [-0.15, -0.1) is 10.2 Å². The highest BCUT2D eigenvalue weighted by molar-refractivity contribution is 7.99. The summed E-state index contributed by atoms with van der Waals surface area (Å²) in [5.74, 6) is 0.678. The van der Waals surface area contributed by atoms with Crippen LogP contribution in [0.15, 0.2) is 107 Å². The number of hydrogen-bond donors (Lipinski definition) is 1. The molecule has 36 heavy (non-hydrogen) atoms. The van der Waals surface area contributed by atoms with Crippen molar-refractivity contribution < 1.29 is 4.79 Å². The Morgan fingerprint density at radius 3 is 2.42 bits per heavy atom. The number of hydrogen-bond acceptors (Lipinski definition) is 5. The van der Waals surface area contributed by atoms with Gasteiger partial charge in [-0.05, 0) is 36.8 Å². The van der Waals surface area contributed by atoms with Gasteiger partial charge in [-0.25, -0.2) is 5.43 Å². The molecular formula is C29H25N5OS. The molecule has 0 aliphatic carbocycles. The van der Waals surface area contributed by atoms with Crippen LogP contribution in [0.1, 0.15) is 18.1 Å². The van der Waals surface area contributed by atoms with Gasteiger partial charge in [0.15, 0.2) is 11.0 Å². The van der Waals surface area contributed by atoms with Crippen LogP contribution in [0.25, 0.3) is 27.8 Å². The standard InChI is InChI=1S/C29H25N5OS/c1-20-15-17-24(18-16-20)34-28(23-10-4-3-5-11-23)32-33-29(34)36-19-27(35)31-30-21(2)25-14-8-12-22-9-6-7-13-26(22)25/h3-18H,19H2,1-2H3,(H,31,35)/b30-21-. The Kier molecular flexibility index (Phi) is 6.91. The second-order valence-electron chi connectivity index (χ2n) is 8.39. The number of carbonyl (C=O) groups excluding carboxylic acids is 1. The molecule has 4 aromatic carbocycles. The van der Waals surface area contributed by atoms with Crippen LogP contribution >= 0.6 is 11.8 Å². The fraction of sp³-hybridized carbons (Fsp3) is 0.103. The Hall–Kier alpha value is -4.23. The number of aromatic nitrogens is 3. The maximum Gasteiger partial charge on any atom is 0.250 e. The summed E-state index contributed by atoms with van der Waals surface area (Å²) in [6, 6.07) is 32.3. The lowest BCUT2D eigenvalue weighted by atomic mass is 10.0. The molecule has 7 heteroatoms. The van der Waals surface area contributed by atoms with Gasteiger partial charge in [0, 0.05) is 16.8 Å². The molecule has 0 bridgehead atoms. The summed E-state index contributed by atoms with van der Waals surface area (Å²) >= 11 is 1.33. The lowest BCUT2D eigenvalue weighted by Gasteiger charge is -2.11. The lowest BCUT2D eigenvalue weighted by Crippen LogP contribution is -2.21. The molecule has 5 aromatic rings. The number of aryl methyl sites for hydroxylation is 1. The molecule has 178 valence electrons. The van der Waals surface area contributed by atoms with Gasteiger partial charge in [-0.3, -0.25) is 9.36 Å². The Bertz CT molecular complexity index is 1540. The molecule has 0 aliphatic heterocycles. The Morgan fingerprint density at radius 2 is 1.61 bits per heavy atom. The molecule has 0 unspecified atom stereocenters. The normalized spacial score (nSPS) is 11.6. The summed E-state index contributed by atoms with van der Waals surface area (Å²) in [5, 5.41) is 16.1. The minimum Gasteiger partial charge on any atom is -0.272 e. The summed E-state index contributed by atoms with van der Waals surface area (Å²) < 4.78 is 1.98. The van der Waals surface area contributed by atoms with Crippen LogP contribution in [0, 0.1) is 6.92 Å². The van der Waals surface area contributed by atoms with Crippen LogP contribution in [0.2, 0.25) is 0 Å². The number of nitrogens with zero attached hydrogens (tertiary/aromatic N) is 4. The number of hydrazone groups is 1. The molecule has 1 heterocycles. The van der Waals surface area contributed by atoms with Gasteiger partial charge < -0.3 is 0 Å². The average molecular weight is 492 g/mol. The number of rotatable bonds is 7. The molecular weight excluding hydrogens is 466 g/mol. The molecule has 6 nitrogen and oxygen atoms in total. The molecule has 1 amide bonds. The number of benzene rings is 4. The summed E-state index contributed by atoms with van der Waals surface area (Å²) in [6.07, 6.45) is 0. The molecule has 0 atom stereocenters. The maximum absolute atomic E-state index is 12.7. The monoisotopic (exact) mass is 491 g/mol. The summed E-state index contributed by atoms with van der Waals surface area (Å²) in [7, 11) is 0. The SMILES string of the molecule is C/C(=N/NC(=O)CSc1nnc(-c2ccccc2)n1-c1ccc(C)cc1)c1cccc2ccccc12. The first kappa shape index (κ1) is 23.5. The number of thioether (sulfide) groups is 1. The smallest absolute Gasteiger partial charge is 0.250 e. The first-order valence-electron chi connectivity index (χ1n) is 11.6. The summed E-state index contributed by atoms with van der Waals surface area (Å²) in [5.41, 5.74) is 7.50. The lowest BCUT2D eigenvalue weighted by molar-refractivity contribution is -0.118. The predicted octanol–water partition coefficient (Wildman–Crippen LogP) is 6.03. The fourth-order valence-electron chi connectivity index (χ4n) is 3.97. The van der Waals surface area contributed by atoms with Crippen molar-refractivity contribution in [3.8, 4) is 17.1 Å². The highest BCUT2D eigenvalue weighted by Gasteiger charge is 2.17. The van der Waals surface area contributed by atoms with Gasteiger partial charge in [0.1, 0.15) is 0 Å². The van der Waals surface area contributed by atoms with E-state index >= 15 is 0 Å². The summed E-state index contributed by atoms with van der Waals surface area (Å²) in [4.78, 5) is 12.7. The first-order valence-corrected chi connectivity index (χ1v) is 12.6. The Labute approximate surface area is 214 Å². The van der Waals surface area contributed by atoms with Crippen molar-refractivity contribution in [3.05, 3.63) is 108 Å². The molecule has 0 radical (unpaired) electrons. The second kappa shape index (κ2) is 10.6. The van der Waals surface area contributed by atoms with Crippen molar-refractivity contribution in [1.29, 1.82) is 0 Å². The quantitative estimate of drug-likeness (QED) is 0.171. The van der Waals surface area contributed by atoms with E-state index in [4.69, 9.17) is 0 Å². The average Bonchev–Trinajstić information content (AvgIpc) is 3.35. The van der Waals surface area contributed by atoms with Crippen molar-refractivity contribution in [2.45, 2.75) is 19.0 Å². The van der Waals surface area contributed by atoms with Crippen LogP contribution in [0.5, 0.6) is 0 Å². The first-order chi connectivity index (χ1) is 17.6. The number of amides is 1. The van der Waals surface area contributed by atoms with E-state index in [1.807, 2.05) is 78.2 Å². The van der Waals surface area contributed by atoms with Gasteiger partial charge in [0.2, 0.25) is 0 Å². The van der Waals surface area contributed by atoms with Crippen molar-refractivity contribution in [2.75, 3.05) is 5.75 Å². The van der Waals surface area contributed by atoms with Gasteiger partial charge >= 0.3 is 0 Å². The van der Waals surface area contributed by atoms with Crippen LogP contribution < -0.4 is 5.43 Å². The third-order valence-corrected chi connectivity index (χ3v) is 6.75. The van der Waals surface area contributed by atoms with Crippen molar-refractivity contribution in [3.63, 3.8) is 0 Å². The maximum atomic E-state index is 12.7. The van der Waals surface area contributed by atoms with E-state index in [1.54, 1.807) is 0 Å². The van der Waals surface area contributed by atoms with E-state index in [1.165, 1.54) is 17.3 Å². The summed E-state index contributed by atoms with van der Waals surface area (Å²) in [6.45, 7) is 3.95. The third-order valence-electron chi connectivity index (χ3n) is 5.82. The largest absolute Gasteiger partial charge is 0.272 e. The molecule has 0 fully saturated rings. The molecule has 0 saturated carbocycles. The van der Waals surface area contributed by atoms with Gasteiger partial charge in [0.05, 0.1) is 11.5 Å². The molecule has 0 aliphatic rings. The van der Waals surface area contributed by atoms with E-state index in [-0.39, 0.29) is 11.7 Å². The number of carbonyl (C=O) groups is 1. The Balaban J connectivity index is 1.34. The van der Waals surface area contributed by atoms with Crippen LogP contribution in [-0.4, -0.2) is 32.1 Å². The molecule has 1 N–H and O–H groups in total.